The lowest BCUT2D eigenvalue weighted by Crippen LogP contribution is -2.30. The molecule has 2 rings (SSSR count). The third kappa shape index (κ3) is 2.61. The molecule has 1 atom stereocenters. The molecule has 1 aromatic carbocycles. The molecule has 5 heteroatoms. The number of aromatic nitrogens is 3. The predicted octanol–water partition coefficient (Wildman–Crippen LogP) is 2.46. The van der Waals surface area contributed by atoms with Gasteiger partial charge in [0.25, 0.3) is 5.56 Å². The zero-order valence-corrected chi connectivity index (χ0v) is 12.1. The number of alkyl halides is 1. The van der Waals surface area contributed by atoms with Crippen LogP contribution in [0, 0.1) is 11.8 Å². The van der Waals surface area contributed by atoms with Crippen LogP contribution >= 0.6 is 15.9 Å². The number of benzene rings is 1. The highest BCUT2D eigenvalue weighted by Crippen LogP contribution is 2.15. The Morgan fingerprint density at radius 3 is 2.72 bits per heavy atom. The Balaban J connectivity index is 2.40. The predicted molar refractivity (Wildman–Crippen MR) is 75.9 cm³/mol. The number of fused-ring (bicyclic) bond motifs is 1. The number of halogens is 1. The Morgan fingerprint density at radius 2 is 2.06 bits per heavy atom. The van der Waals surface area contributed by atoms with Gasteiger partial charge in [0.2, 0.25) is 0 Å². The quantitative estimate of drug-likeness (QED) is 0.815. The van der Waals surface area contributed by atoms with Gasteiger partial charge in [-0.2, -0.15) is 0 Å². The molecule has 0 aliphatic carbocycles. The van der Waals surface area contributed by atoms with Crippen LogP contribution in [-0.2, 0) is 6.54 Å². The summed E-state index contributed by atoms with van der Waals surface area (Å²) in [5.74, 6) is 0.864. The molecule has 0 aliphatic rings. The van der Waals surface area contributed by atoms with Crippen LogP contribution in [-0.4, -0.2) is 20.3 Å². The van der Waals surface area contributed by atoms with Gasteiger partial charge in [-0.25, -0.2) is 4.68 Å². The van der Waals surface area contributed by atoms with Crippen molar-refractivity contribution in [3.8, 4) is 0 Å². The summed E-state index contributed by atoms with van der Waals surface area (Å²) >= 11 is 3.48. The third-order valence-corrected chi connectivity index (χ3v) is 4.01. The van der Waals surface area contributed by atoms with Crippen molar-refractivity contribution in [2.45, 2.75) is 20.4 Å². The summed E-state index contributed by atoms with van der Waals surface area (Å²) < 4.78 is 1.47. The van der Waals surface area contributed by atoms with Gasteiger partial charge < -0.3 is 0 Å². The minimum atomic E-state index is -0.0628. The maximum Gasteiger partial charge on any atom is 0.277 e. The van der Waals surface area contributed by atoms with Gasteiger partial charge in [-0.15, -0.1) is 5.10 Å². The van der Waals surface area contributed by atoms with Crippen LogP contribution in [0.15, 0.2) is 29.1 Å². The van der Waals surface area contributed by atoms with Gasteiger partial charge in [0.05, 0.1) is 11.9 Å². The summed E-state index contributed by atoms with van der Waals surface area (Å²) in [4.78, 5) is 12.2. The van der Waals surface area contributed by atoms with Crippen molar-refractivity contribution < 1.29 is 0 Å². The third-order valence-electron chi connectivity index (χ3n) is 3.18. The lowest BCUT2D eigenvalue weighted by atomic mass is 9.98. The summed E-state index contributed by atoms with van der Waals surface area (Å²) in [6, 6.07) is 7.30. The topological polar surface area (TPSA) is 47.8 Å². The van der Waals surface area contributed by atoms with Gasteiger partial charge in [-0.3, -0.25) is 4.79 Å². The second-order valence-corrected chi connectivity index (χ2v) is 5.40. The zero-order chi connectivity index (χ0) is 13.1. The van der Waals surface area contributed by atoms with E-state index in [0.717, 1.165) is 5.33 Å². The summed E-state index contributed by atoms with van der Waals surface area (Å²) in [7, 11) is 0. The zero-order valence-electron chi connectivity index (χ0n) is 10.5. The molecule has 0 amide bonds. The van der Waals surface area contributed by atoms with Crippen molar-refractivity contribution in [2.24, 2.45) is 11.8 Å². The average molecular weight is 310 g/mol. The van der Waals surface area contributed by atoms with E-state index in [1.807, 2.05) is 12.1 Å². The molecule has 0 saturated carbocycles. The van der Waals surface area contributed by atoms with Crippen molar-refractivity contribution in [2.75, 3.05) is 5.33 Å². The highest BCUT2D eigenvalue weighted by atomic mass is 79.9. The van der Waals surface area contributed by atoms with Gasteiger partial charge in [-0.1, -0.05) is 47.1 Å². The van der Waals surface area contributed by atoms with E-state index in [0.29, 0.717) is 29.3 Å². The van der Waals surface area contributed by atoms with E-state index in [1.54, 1.807) is 12.1 Å². The molecule has 0 spiro atoms. The van der Waals surface area contributed by atoms with Crippen LogP contribution in [0.3, 0.4) is 0 Å². The van der Waals surface area contributed by atoms with Gasteiger partial charge in [0.1, 0.15) is 5.52 Å². The molecule has 1 aromatic heterocycles. The van der Waals surface area contributed by atoms with Crippen molar-refractivity contribution in [3.63, 3.8) is 0 Å². The van der Waals surface area contributed by atoms with Crippen molar-refractivity contribution in [1.82, 2.24) is 15.0 Å². The first-order chi connectivity index (χ1) is 8.63. The SMILES string of the molecule is CC(C)C(CBr)Cn1nnc2ccccc2c1=O. The molecule has 0 radical (unpaired) electrons. The molecule has 18 heavy (non-hydrogen) atoms. The molecule has 4 nitrogen and oxygen atoms in total. The van der Waals surface area contributed by atoms with Gasteiger partial charge in [0.15, 0.2) is 0 Å². The molecule has 0 saturated heterocycles. The molecule has 96 valence electrons. The second-order valence-electron chi connectivity index (χ2n) is 4.75. The fourth-order valence-electron chi connectivity index (χ4n) is 1.80. The Labute approximate surface area is 114 Å². The molecule has 2 aromatic rings. The highest BCUT2D eigenvalue weighted by molar-refractivity contribution is 9.09. The first kappa shape index (κ1) is 13.2. The molecule has 0 fully saturated rings. The smallest absolute Gasteiger partial charge is 0.267 e. The lowest BCUT2D eigenvalue weighted by Gasteiger charge is -2.18. The first-order valence-corrected chi connectivity index (χ1v) is 7.14. The Hall–Kier alpha value is -1.23. The molecule has 1 heterocycles. The van der Waals surface area contributed by atoms with Gasteiger partial charge in [0, 0.05) is 5.33 Å². The molecule has 1 unspecified atom stereocenters. The number of hydrogen-bond donors (Lipinski definition) is 0. The van der Waals surface area contributed by atoms with Crippen molar-refractivity contribution in [1.29, 1.82) is 0 Å². The normalized spacial score (nSPS) is 13.1. The molecule has 0 bridgehead atoms. The summed E-state index contributed by atoms with van der Waals surface area (Å²) in [6.07, 6.45) is 0. The Morgan fingerprint density at radius 1 is 1.33 bits per heavy atom. The van der Waals surface area contributed by atoms with Crippen molar-refractivity contribution >= 4 is 26.8 Å². The largest absolute Gasteiger partial charge is 0.277 e. The van der Waals surface area contributed by atoms with Crippen LogP contribution in [0.1, 0.15) is 13.8 Å². The van der Waals surface area contributed by atoms with E-state index in [2.05, 4.69) is 40.1 Å². The maximum absolute atomic E-state index is 12.2. The highest BCUT2D eigenvalue weighted by Gasteiger charge is 2.15. The maximum atomic E-state index is 12.2. The minimum absolute atomic E-state index is 0.0628. The number of rotatable bonds is 4. The fraction of sp³-hybridized carbons (Fsp3) is 0.462. The standard InChI is InChI=1S/C13H16BrN3O/c1-9(2)10(7-14)8-17-13(18)11-5-3-4-6-12(11)15-16-17/h3-6,9-10H,7-8H2,1-2H3. The first-order valence-electron chi connectivity index (χ1n) is 6.02. The Bertz CT molecular complexity index is 594. The molecular formula is C13H16BrN3O. The summed E-state index contributed by atoms with van der Waals surface area (Å²) in [5.41, 5.74) is 0.589. The monoisotopic (exact) mass is 309 g/mol. The Kier molecular flexibility index (Phi) is 4.11. The van der Waals surface area contributed by atoms with Gasteiger partial charge >= 0.3 is 0 Å². The van der Waals surface area contributed by atoms with E-state index >= 15 is 0 Å². The molecule has 0 N–H and O–H groups in total. The van der Waals surface area contributed by atoms with Crippen LogP contribution in [0.2, 0.25) is 0 Å². The van der Waals surface area contributed by atoms with Crippen LogP contribution in [0.25, 0.3) is 10.9 Å². The van der Waals surface area contributed by atoms with Crippen LogP contribution in [0.5, 0.6) is 0 Å². The van der Waals surface area contributed by atoms with E-state index in [4.69, 9.17) is 0 Å². The number of nitrogens with zero attached hydrogens (tertiary/aromatic N) is 3. The van der Waals surface area contributed by atoms with E-state index in [9.17, 15) is 4.79 Å². The number of hydrogen-bond acceptors (Lipinski definition) is 3. The summed E-state index contributed by atoms with van der Waals surface area (Å²) in [6.45, 7) is 4.89. The van der Waals surface area contributed by atoms with Gasteiger partial charge in [-0.05, 0) is 24.0 Å². The molecule has 0 aliphatic heterocycles. The average Bonchev–Trinajstić information content (AvgIpc) is 2.38. The second kappa shape index (κ2) is 5.61. The van der Waals surface area contributed by atoms with E-state index in [-0.39, 0.29) is 5.56 Å². The van der Waals surface area contributed by atoms with E-state index < -0.39 is 0 Å². The minimum Gasteiger partial charge on any atom is -0.267 e. The van der Waals surface area contributed by atoms with Crippen LogP contribution in [0.4, 0.5) is 0 Å². The van der Waals surface area contributed by atoms with Crippen molar-refractivity contribution in [3.05, 3.63) is 34.6 Å². The van der Waals surface area contributed by atoms with Crippen LogP contribution < -0.4 is 5.56 Å². The fourth-order valence-corrected chi connectivity index (χ4v) is 2.76. The molecular weight excluding hydrogens is 294 g/mol. The summed E-state index contributed by atoms with van der Waals surface area (Å²) in [5, 5.41) is 9.58. The lowest BCUT2D eigenvalue weighted by molar-refractivity contribution is 0.343. The van der Waals surface area contributed by atoms with E-state index in [1.165, 1.54) is 4.68 Å².